The summed E-state index contributed by atoms with van der Waals surface area (Å²) in [5.41, 5.74) is 0. The van der Waals surface area contributed by atoms with Gasteiger partial charge in [-0.2, -0.15) is 0 Å². The second-order valence-electron chi connectivity index (χ2n) is 4.11. The summed E-state index contributed by atoms with van der Waals surface area (Å²) in [5, 5.41) is 2.70. The number of amides is 2. The van der Waals surface area contributed by atoms with Gasteiger partial charge in [0.15, 0.2) is 0 Å². The Morgan fingerprint density at radius 2 is 2.00 bits per heavy atom. The molecule has 0 aromatic heterocycles. The predicted octanol–water partition coefficient (Wildman–Crippen LogP) is 1.13. The topological polar surface area (TPSA) is 49.4 Å². The summed E-state index contributed by atoms with van der Waals surface area (Å²) in [7, 11) is 0. The molecular formula is C11H19ClN2O2. The van der Waals surface area contributed by atoms with Crippen LogP contribution < -0.4 is 5.32 Å². The number of alkyl halides is 1. The van der Waals surface area contributed by atoms with Gasteiger partial charge in [-0.25, -0.2) is 0 Å². The standard InChI is InChI=1S/C11H19ClN2O2/c1-9(13-10(15)5-4-6-12)11(16)14-7-2-3-8-14/h9H,2-8H2,1H3,(H,13,15). The van der Waals surface area contributed by atoms with Crippen LogP contribution in [0.25, 0.3) is 0 Å². The SMILES string of the molecule is CC(NC(=O)CCCCl)C(=O)N1CCCC1. The minimum Gasteiger partial charge on any atom is -0.345 e. The van der Waals surface area contributed by atoms with E-state index in [0.717, 1.165) is 25.9 Å². The van der Waals surface area contributed by atoms with E-state index in [1.807, 2.05) is 4.90 Å². The zero-order chi connectivity index (χ0) is 12.0. The Hall–Kier alpha value is -0.770. The van der Waals surface area contributed by atoms with Crippen LogP contribution in [-0.2, 0) is 9.59 Å². The van der Waals surface area contributed by atoms with Crippen molar-refractivity contribution in [3.63, 3.8) is 0 Å². The maximum Gasteiger partial charge on any atom is 0.244 e. The van der Waals surface area contributed by atoms with Crippen molar-refractivity contribution < 1.29 is 9.59 Å². The summed E-state index contributed by atoms with van der Waals surface area (Å²) in [6.45, 7) is 3.38. The lowest BCUT2D eigenvalue weighted by atomic mass is 10.2. The van der Waals surface area contributed by atoms with Crippen molar-refractivity contribution in [3.8, 4) is 0 Å². The van der Waals surface area contributed by atoms with E-state index in [0.29, 0.717) is 18.7 Å². The van der Waals surface area contributed by atoms with Gasteiger partial charge >= 0.3 is 0 Å². The molecule has 0 aromatic carbocycles. The summed E-state index contributed by atoms with van der Waals surface area (Å²) < 4.78 is 0. The Labute approximate surface area is 101 Å². The van der Waals surface area contributed by atoms with E-state index in [9.17, 15) is 9.59 Å². The molecule has 1 atom stereocenters. The quantitative estimate of drug-likeness (QED) is 0.740. The van der Waals surface area contributed by atoms with E-state index in [2.05, 4.69) is 5.32 Å². The third-order valence-electron chi connectivity index (χ3n) is 2.70. The molecule has 1 saturated heterocycles. The van der Waals surface area contributed by atoms with E-state index < -0.39 is 6.04 Å². The van der Waals surface area contributed by atoms with Crippen LogP contribution in [-0.4, -0.2) is 41.7 Å². The number of nitrogens with one attached hydrogen (secondary N) is 1. The van der Waals surface area contributed by atoms with Crippen LogP contribution >= 0.6 is 11.6 Å². The lowest BCUT2D eigenvalue weighted by molar-refractivity contribution is -0.135. The number of halogens is 1. The number of carbonyl (C=O) groups is 2. The van der Waals surface area contributed by atoms with Crippen molar-refractivity contribution >= 4 is 23.4 Å². The molecule has 0 aromatic rings. The highest BCUT2D eigenvalue weighted by atomic mass is 35.5. The van der Waals surface area contributed by atoms with Gasteiger partial charge in [0, 0.05) is 25.4 Å². The lowest BCUT2D eigenvalue weighted by Gasteiger charge is -2.21. The van der Waals surface area contributed by atoms with Crippen LogP contribution in [0.15, 0.2) is 0 Å². The van der Waals surface area contributed by atoms with Crippen LogP contribution in [0.2, 0.25) is 0 Å². The van der Waals surface area contributed by atoms with Crippen LogP contribution in [0.4, 0.5) is 0 Å². The summed E-state index contributed by atoms with van der Waals surface area (Å²) in [6.07, 6.45) is 3.18. The van der Waals surface area contributed by atoms with Crippen molar-refractivity contribution in [1.82, 2.24) is 10.2 Å². The average molecular weight is 247 g/mol. The Balaban J connectivity index is 2.30. The number of likely N-dealkylation sites (tertiary alicyclic amines) is 1. The van der Waals surface area contributed by atoms with Crippen LogP contribution in [0.1, 0.15) is 32.6 Å². The fraction of sp³-hybridized carbons (Fsp3) is 0.818. The summed E-state index contributed by atoms with van der Waals surface area (Å²) in [5.74, 6) is 0.402. The van der Waals surface area contributed by atoms with Crippen LogP contribution in [0.5, 0.6) is 0 Å². The van der Waals surface area contributed by atoms with E-state index in [4.69, 9.17) is 11.6 Å². The fourth-order valence-corrected chi connectivity index (χ4v) is 1.95. The molecule has 0 saturated carbocycles. The van der Waals surface area contributed by atoms with Crippen LogP contribution in [0.3, 0.4) is 0 Å². The summed E-state index contributed by atoms with van der Waals surface area (Å²) >= 11 is 5.49. The smallest absolute Gasteiger partial charge is 0.244 e. The molecule has 92 valence electrons. The van der Waals surface area contributed by atoms with Crippen molar-refractivity contribution in [2.45, 2.75) is 38.6 Å². The number of hydrogen-bond donors (Lipinski definition) is 1. The van der Waals surface area contributed by atoms with Crippen molar-refractivity contribution in [2.24, 2.45) is 0 Å². The minimum atomic E-state index is -0.416. The Morgan fingerprint density at radius 3 is 2.56 bits per heavy atom. The first-order valence-electron chi connectivity index (χ1n) is 5.79. The second kappa shape index (κ2) is 6.74. The minimum absolute atomic E-state index is 0.0247. The molecular weight excluding hydrogens is 228 g/mol. The largest absolute Gasteiger partial charge is 0.345 e. The van der Waals surface area contributed by atoms with Crippen molar-refractivity contribution in [1.29, 1.82) is 0 Å². The van der Waals surface area contributed by atoms with Gasteiger partial charge in [0.1, 0.15) is 6.04 Å². The zero-order valence-corrected chi connectivity index (χ0v) is 10.4. The van der Waals surface area contributed by atoms with Gasteiger partial charge in [-0.15, -0.1) is 11.6 Å². The van der Waals surface area contributed by atoms with Crippen LogP contribution in [0, 0.1) is 0 Å². The Morgan fingerprint density at radius 1 is 1.38 bits per heavy atom. The molecule has 1 aliphatic rings. The van der Waals surface area contributed by atoms with Gasteiger partial charge in [0.2, 0.25) is 11.8 Å². The van der Waals surface area contributed by atoms with E-state index >= 15 is 0 Å². The summed E-state index contributed by atoms with van der Waals surface area (Å²) in [6, 6.07) is -0.416. The molecule has 1 N–H and O–H groups in total. The average Bonchev–Trinajstić information content (AvgIpc) is 2.78. The van der Waals surface area contributed by atoms with Crippen molar-refractivity contribution in [2.75, 3.05) is 19.0 Å². The molecule has 1 unspecified atom stereocenters. The maximum absolute atomic E-state index is 11.8. The maximum atomic E-state index is 11.8. The van der Waals surface area contributed by atoms with Gasteiger partial charge in [0.25, 0.3) is 0 Å². The molecule has 2 amide bonds. The first kappa shape index (κ1) is 13.3. The highest BCUT2D eigenvalue weighted by Gasteiger charge is 2.23. The van der Waals surface area contributed by atoms with Gasteiger partial charge in [-0.05, 0) is 26.2 Å². The Bertz CT molecular complexity index is 252. The molecule has 0 bridgehead atoms. The third kappa shape index (κ3) is 4.00. The molecule has 1 rings (SSSR count). The molecule has 0 aliphatic carbocycles. The summed E-state index contributed by atoms with van der Waals surface area (Å²) in [4.78, 5) is 25.0. The first-order chi connectivity index (χ1) is 7.65. The molecule has 16 heavy (non-hydrogen) atoms. The van der Waals surface area contributed by atoms with Gasteiger partial charge in [-0.3, -0.25) is 9.59 Å². The van der Waals surface area contributed by atoms with Gasteiger partial charge in [0.05, 0.1) is 0 Å². The molecule has 1 heterocycles. The molecule has 1 fully saturated rings. The number of rotatable bonds is 5. The monoisotopic (exact) mass is 246 g/mol. The third-order valence-corrected chi connectivity index (χ3v) is 2.97. The van der Waals surface area contributed by atoms with E-state index in [1.54, 1.807) is 6.92 Å². The number of carbonyl (C=O) groups excluding carboxylic acids is 2. The fourth-order valence-electron chi connectivity index (χ4n) is 1.81. The van der Waals surface area contributed by atoms with Gasteiger partial charge in [-0.1, -0.05) is 0 Å². The molecule has 0 spiro atoms. The zero-order valence-electron chi connectivity index (χ0n) is 9.67. The molecule has 5 heteroatoms. The van der Waals surface area contributed by atoms with E-state index in [-0.39, 0.29) is 11.8 Å². The highest BCUT2D eigenvalue weighted by Crippen LogP contribution is 2.09. The normalized spacial score (nSPS) is 17.2. The first-order valence-corrected chi connectivity index (χ1v) is 6.32. The molecule has 4 nitrogen and oxygen atoms in total. The molecule has 1 aliphatic heterocycles. The Kier molecular flexibility index (Phi) is 5.60. The predicted molar refractivity (Wildman–Crippen MR) is 63.4 cm³/mol. The van der Waals surface area contributed by atoms with Crippen molar-refractivity contribution in [3.05, 3.63) is 0 Å². The molecule has 0 radical (unpaired) electrons. The second-order valence-corrected chi connectivity index (χ2v) is 4.49. The van der Waals surface area contributed by atoms with E-state index in [1.165, 1.54) is 0 Å². The number of hydrogen-bond acceptors (Lipinski definition) is 2. The van der Waals surface area contributed by atoms with Gasteiger partial charge < -0.3 is 10.2 Å². The highest BCUT2D eigenvalue weighted by molar-refractivity contribution is 6.17. The number of nitrogens with zero attached hydrogens (tertiary/aromatic N) is 1. The lowest BCUT2D eigenvalue weighted by Crippen LogP contribution is -2.45.